The number of nitrogens with two attached hydrogens (primary N) is 1. The molecule has 0 aliphatic carbocycles. The predicted molar refractivity (Wildman–Crippen MR) is 82.2 cm³/mol. The van der Waals surface area contributed by atoms with Crippen molar-refractivity contribution in [2.75, 3.05) is 11.1 Å². The summed E-state index contributed by atoms with van der Waals surface area (Å²) in [6.45, 7) is 1.98. The average molecular weight is 281 g/mol. The number of hydrogen-bond acceptors (Lipinski definition) is 4. The zero-order valence-corrected chi connectivity index (χ0v) is 11.6. The van der Waals surface area contributed by atoms with Crippen LogP contribution in [0.3, 0.4) is 0 Å². The van der Waals surface area contributed by atoms with Gasteiger partial charge in [0.05, 0.1) is 5.56 Å². The summed E-state index contributed by atoms with van der Waals surface area (Å²) in [5, 5.41) is 2.82. The minimum Gasteiger partial charge on any atom is -0.441 e. The lowest BCUT2D eigenvalue weighted by atomic mass is 10.1. The second kappa shape index (κ2) is 5.28. The monoisotopic (exact) mass is 281 g/mol. The van der Waals surface area contributed by atoms with Crippen LogP contribution in [0.4, 0.5) is 11.4 Å². The van der Waals surface area contributed by atoms with Gasteiger partial charge in [-0.25, -0.2) is 4.98 Å². The first kappa shape index (κ1) is 13.2. The van der Waals surface area contributed by atoms with Crippen molar-refractivity contribution in [1.82, 2.24) is 4.98 Å². The lowest BCUT2D eigenvalue weighted by molar-refractivity contribution is 0.102. The molecule has 0 unspecified atom stereocenters. The highest BCUT2D eigenvalue weighted by atomic mass is 16.3. The van der Waals surface area contributed by atoms with Gasteiger partial charge in [-0.2, -0.15) is 0 Å². The Labute approximate surface area is 121 Å². The van der Waals surface area contributed by atoms with Gasteiger partial charge in [-0.05, 0) is 30.3 Å². The highest BCUT2D eigenvalue weighted by Gasteiger charge is 2.10. The Morgan fingerprint density at radius 3 is 2.86 bits per heavy atom. The van der Waals surface area contributed by atoms with E-state index in [0.29, 0.717) is 28.4 Å². The number of aryl methyl sites for hydroxylation is 1. The van der Waals surface area contributed by atoms with E-state index in [1.807, 2.05) is 6.92 Å². The predicted octanol–water partition coefficient (Wildman–Crippen LogP) is 3.22. The van der Waals surface area contributed by atoms with Gasteiger partial charge in [-0.15, -0.1) is 0 Å². The molecule has 3 aromatic rings. The van der Waals surface area contributed by atoms with Gasteiger partial charge < -0.3 is 15.5 Å². The maximum atomic E-state index is 12.2. The fourth-order valence-corrected chi connectivity index (χ4v) is 2.11. The van der Waals surface area contributed by atoms with Crippen LogP contribution in [0, 0.1) is 0 Å². The van der Waals surface area contributed by atoms with Crippen LogP contribution in [0.1, 0.15) is 23.2 Å². The van der Waals surface area contributed by atoms with Gasteiger partial charge in [0.2, 0.25) is 0 Å². The zero-order valence-electron chi connectivity index (χ0n) is 11.6. The molecule has 1 heterocycles. The highest BCUT2D eigenvalue weighted by molar-refractivity contribution is 6.08. The van der Waals surface area contributed by atoms with Crippen molar-refractivity contribution in [3.05, 3.63) is 53.9 Å². The number of amides is 1. The molecule has 21 heavy (non-hydrogen) atoms. The number of carbonyl (C=O) groups is 1. The van der Waals surface area contributed by atoms with Crippen molar-refractivity contribution in [2.45, 2.75) is 13.3 Å². The van der Waals surface area contributed by atoms with E-state index in [4.69, 9.17) is 10.2 Å². The summed E-state index contributed by atoms with van der Waals surface area (Å²) >= 11 is 0. The highest BCUT2D eigenvalue weighted by Crippen LogP contribution is 2.21. The number of aromatic nitrogens is 1. The normalized spacial score (nSPS) is 10.7. The number of carbonyl (C=O) groups excluding carboxylic acids is 1. The Kier molecular flexibility index (Phi) is 3.31. The molecule has 0 spiro atoms. The third kappa shape index (κ3) is 2.58. The summed E-state index contributed by atoms with van der Waals surface area (Å²) in [7, 11) is 0. The van der Waals surface area contributed by atoms with Crippen LogP contribution in [0.25, 0.3) is 11.1 Å². The minimum absolute atomic E-state index is 0.244. The number of fused-ring (bicyclic) bond motifs is 1. The molecular formula is C16H15N3O2. The molecule has 0 aliphatic rings. The van der Waals surface area contributed by atoms with Gasteiger partial charge in [0.25, 0.3) is 5.91 Å². The van der Waals surface area contributed by atoms with Crippen molar-refractivity contribution >= 4 is 28.4 Å². The molecule has 5 heteroatoms. The summed E-state index contributed by atoms with van der Waals surface area (Å²) in [6.07, 6.45) is 0.733. The van der Waals surface area contributed by atoms with Crippen molar-refractivity contribution in [3.63, 3.8) is 0 Å². The summed E-state index contributed by atoms with van der Waals surface area (Å²) in [4.78, 5) is 16.5. The standard InChI is InChI=1S/C16H15N3O2/c1-2-15-19-13-9-10(7-8-14(13)21-15)18-16(20)11-5-3-4-6-12(11)17/h3-9H,2,17H2,1H3,(H,18,20). The zero-order chi connectivity index (χ0) is 14.8. The third-order valence-corrected chi connectivity index (χ3v) is 3.20. The molecule has 3 rings (SSSR count). The SMILES string of the molecule is CCc1nc2cc(NC(=O)c3ccccc3N)ccc2o1. The van der Waals surface area contributed by atoms with Crippen LogP contribution in [-0.4, -0.2) is 10.9 Å². The van der Waals surface area contributed by atoms with Gasteiger partial charge in [0.15, 0.2) is 11.5 Å². The number of benzene rings is 2. The molecule has 2 aromatic carbocycles. The second-order valence-corrected chi connectivity index (χ2v) is 4.69. The number of rotatable bonds is 3. The molecule has 1 aromatic heterocycles. The van der Waals surface area contributed by atoms with Gasteiger partial charge in [-0.3, -0.25) is 4.79 Å². The molecule has 0 fully saturated rings. The topological polar surface area (TPSA) is 81.2 Å². The molecule has 5 nitrogen and oxygen atoms in total. The van der Waals surface area contributed by atoms with Gasteiger partial charge >= 0.3 is 0 Å². The number of hydrogen-bond donors (Lipinski definition) is 2. The summed E-state index contributed by atoms with van der Waals surface area (Å²) in [6, 6.07) is 12.3. The van der Waals surface area contributed by atoms with Crippen LogP contribution < -0.4 is 11.1 Å². The van der Waals surface area contributed by atoms with Gasteiger partial charge in [-0.1, -0.05) is 19.1 Å². The van der Waals surface area contributed by atoms with E-state index in [0.717, 1.165) is 11.9 Å². The molecule has 106 valence electrons. The Balaban J connectivity index is 1.87. The van der Waals surface area contributed by atoms with Crippen LogP contribution in [0.15, 0.2) is 46.9 Å². The maximum Gasteiger partial charge on any atom is 0.257 e. The summed E-state index contributed by atoms with van der Waals surface area (Å²) < 4.78 is 5.54. The quantitative estimate of drug-likeness (QED) is 0.722. The van der Waals surface area contributed by atoms with Crippen LogP contribution in [-0.2, 0) is 6.42 Å². The summed E-state index contributed by atoms with van der Waals surface area (Å²) in [5.74, 6) is 0.437. The number of nitrogens with one attached hydrogen (secondary N) is 1. The Hall–Kier alpha value is -2.82. The Morgan fingerprint density at radius 1 is 1.29 bits per heavy atom. The van der Waals surface area contributed by atoms with Crippen LogP contribution in [0.2, 0.25) is 0 Å². The molecule has 3 N–H and O–H groups in total. The first-order valence-corrected chi connectivity index (χ1v) is 6.72. The number of nitrogen functional groups attached to an aromatic ring is 1. The van der Waals surface area contributed by atoms with Crippen LogP contribution in [0.5, 0.6) is 0 Å². The van der Waals surface area contributed by atoms with Crippen molar-refractivity contribution in [1.29, 1.82) is 0 Å². The van der Waals surface area contributed by atoms with E-state index in [9.17, 15) is 4.79 Å². The molecular weight excluding hydrogens is 266 g/mol. The lowest BCUT2D eigenvalue weighted by Crippen LogP contribution is -2.13. The Bertz CT molecular complexity index is 808. The van der Waals surface area contributed by atoms with E-state index in [1.54, 1.807) is 42.5 Å². The maximum absolute atomic E-state index is 12.2. The van der Waals surface area contributed by atoms with E-state index < -0.39 is 0 Å². The van der Waals surface area contributed by atoms with E-state index in [-0.39, 0.29) is 5.91 Å². The van der Waals surface area contributed by atoms with Crippen molar-refractivity contribution in [3.8, 4) is 0 Å². The minimum atomic E-state index is -0.244. The van der Waals surface area contributed by atoms with Gasteiger partial charge in [0.1, 0.15) is 5.52 Å². The number of para-hydroxylation sites is 1. The molecule has 0 saturated carbocycles. The number of oxazole rings is 1. The van der Waals surface area contributed by atoms with Crippen LogP contribution >= 0.6 is 0 Å². The molecule has 1 amide bonds. The number of nitrogens with zero attached hydrogens (tertiary/aromatic N) is 1. The Morgan fingerprint density at radius 2 is 2.10 bits per heavy atom. The van der Waals surface area contributed by atoms with E-state index >= 15 is 0 Å². The first-order valence-electron chi connectivity index (χ1n) is 6.72. The van der Waals surface area contributed by atoms with Gasteiger partial charge in [0, 0.05) is 17.8 Å². The molecule has 0 atom stereocenters. The number of anilines is 2. The van der Waals surface area contributed by atoms with E-state index in [1.165, 1.54) is 0 Å². The second-order valence-electron chi connectivity index (χ2n) is 4.69. The third-order valence-electron chi connectivity index (χ3n) is 3.20. The summed E-state index contributed by atoms with van der Waals surface area (Å²) in [5.41, 5.74) is 8.80. The van der Waals surface area contributed by atoms with Crippen molar-refractivity contribution < 1.29 is 9.21 Å². The molecule has 0 bridgehead atoms. The average Bonchev–Trinajstić information content (AvgIpc) is 2.90. The fourth-order valence-electron chi connectivity index (χ4n) is 2.11. The lowest BCUT2D eigenvalue weighted by Gasteiger charge is -2.07. The molecule has 0 radical (unpaired) electrons. The first-order chi connectivity index (χ1) is 10.2. The largest absolute Gasteiger partial charge is 0.441 e. The van der Waals surface area contributed by atoms with Crippen molar-refractivity contribution in [2.24, 2.45) is 0 Å². The van der Waals surface area contributed by atoms with E-state index in [2.05, 4.69) is 10.3 Å². The fraction of sp³-hybridized carbons (Fsp3) is 0.125. The molecule has 0 saturated heterocycles. The molecule has 0 aliphatic heterocycles. The smallest absolute Gasteiger partial charge is 0.257 e.